The van der Waals surface area contributed by atoms with Gasteiger partial charge in [-0.05, 0) is 6.92 Å². The molecule has 0 aliphatic rings. The van der Waals surface area contributed by atoms with E-state index >= 15 is 0 Å². The molecule has 1 rings (SSSR count). The van der Waals surface area contributed by atoms with Gasteiger partial charge in [0.05, 0.1) is 12.3 Å². The van der Waals surface area contributed by atoms with Gasteiger partial charge in [-0.25, -0.2) is 22.7 Å². The predicted octanol–water partition coefficient (Wildman–Crippen LogP) is 2.51. The molecular weight excluding hydrogens is 518 g/mol. The maximum absolute atomic E-state index is 12.5. The number of guanidine groups is 1. The first-order chi connectivity index (χ1) is 12.1. The first-order valence-corrected chi connectivity index (χ1v) is 10.6. The van der Waals surface area contributed by atoms with Crippen LogP contribution in [0.4, 0.5) is 13.2 Å². The molecule has 0 saturated carbocycles. The normalized spacial score (nSPS) is 12.8. The van der Waals surface area contributed by atoms with E-state index in [-0.39, 0.29) is 47.8 Å². The highest BCUT2D eigenvalue weighted by Crippen LogP contribution is 2.30. The van der Waals surface area contributed by atoms with E-state index in [4.69, 9.17) is 0 Å². The number of aliphatic imine (C=N–C) groups is 1. The molecule has 0 spiro atoms. The van der Waals surface area contributed by atoms with E-state index in [1.807, 2.05) is 6.92 Å². The van der Waals surface area contributed by atoms with Crippen LogP contribution in [0.3, 0.4) is 0 Å². The van der Waals surface area contributed by atoms with Gasteiger partial charge in [0.2, 0.25) is 10.0 Å². The Morgan fingerprint density at radius 1 is 1.26 bits per heavy atom. The van der Waals surface area contributed by atoms with Crippen molar-refractivity contribution in [1.82, 2.24) is 19.9 Å². The molecule has 0 aliphatic heterocycles. The molecule has 1 aromatic rings. The average molecular weight is 543 g/mol. The van der Waals surface area contributed by atoms with E-state index in [2.05, 4.69) is 20.6 Å². The molecule has 158 valence electrons. The lowest BCUT2D eigenvalue weighted by Crippen LogP contribution is -2.42. The second-order valence-corrected chi connectivity index (χ2v) is 8.18. The van der Waals surface area contributed by atoms with Gasteiger partial charge in [-0.2, -0.15) is 13.2 Å². The van der Waals surface area contributed by atoms with E-state index < -0.39 is 21.9 Å². The van der Waals surface area contributed by atoms with Crippen LogP contribution >= 0.6 is 35.3 Å². The lowest BCUT2D eigenvalue weighted by molar-refractivity contribution is -0.140. The minimum Gasteiger partial charge on any atom is -0.357 e. The first-order valence-electron chi connectivity index (χ1n) is 8.15. The quantitative estimate of drug-likeness (QED) is 0.284. The molecule has 0 aromatic carbocycles. The zero-order chi connectivity index (χ0) is 19.8. The number of sulfonamides is 1. The first kappa shape index (κ1) is 26.3. The van der Waals surface area contributed by atoms with Crippen LogP contribution in [0.5, 0.6) is 0 Å². The molecule has 0 aliphatic carbocycles. The molecule has 0 bridgehead atoms. The van der Waals surface area contributed by atoms with Crippen molar-refractivity contribution in [3.8, 4) is 0 Å². The van der Waals surface area contributed by atoms with Crippen molar-refractivity contribution in [3.05, 3.63) is 16.1 Å². The summed E-state index contributed by atoms with van der Waals surface area (Å²) in [5, 5.41) is 6.97. The van der Waals surface area contributed by atoms with E-state index in [0.29, 0.717) is 25.6 Å². The summed E-state index contributed by atoms with van der Waals surface area (Å²) in [7, 11) is -3.36. The summed E-state index contributed by atoms with van der Waals surface area (Å²) in [5.41, 5.74) is -0.934. The van der Waals surface area contributed by atoms with Crippen LogP contribution in [-0.2, 0) is 22.7 Å². The minimum atomic E-state index is -4.47. The van der Waals surface area contributed by atoms with Gasteiger partial charge < -0.3 is 10.6 Å². The fraction of sp³-hybridized carbons (Fsp3) is 0.714. The number of hydrogen-bond donors (Lipinski definition) is 2. The number of aromatic nitrogens is 1. The van der Waals surface area contributed by atoms with Gasteiger partial charge in [0.1, 0.15) is 5.01 Å². The van der Waals surface area contributed by atoms with E-state index in [1.54, 1.807) is 13.8 Å². The fourth-order valence-electron chi connectivity index (χ4n) is 2.05. The van der Waals surface area contributed by atoms with E-state index in [1.165, 1.54) is 4.31 Å². The SMILES string of the molecule is CCNC(=NCc1nc(C(F)(F)F)cs1)NCCS(=O)(=O)N(CC)CC.I. The zero-order valence-corrected chi connectivity index (χ0v) is 19.3. The zero-order valence-electron chi connectivity index (χ0n) is 15.3. The monoisotopic (exact) mass is 543 g/mol. The molecular formula is C14H25F3IN5O2S2. The van der Waals surface area contributed by atoms with Crippen LogP contribution in [0.2, 0.25) is 0 Å². The van der Waals surface area contributed by atoms with Crippen LogP contribution < -0.4 is 10.6 Å². The van der Waals surface area contributed by atoms with Crippen molar-refractivity contribution in [3.63, 3.8) is 0 Å². The third kappa shape index (κ3) is 8.91. The lowest BCUT2D eigenvalue weighted by Gasteiger charge is -2.19. The van der Waals surface area contributed by atoms with Crippen LogP contribution in [0.25, 0.3) is 0 Å². The van der Waals surface area contributed by atoms with Crippen LogP contribution in [0.15, 0.2) is 10.4 Å². The molecule has 2 N–H and O–H groups in total. The number of halogens is 4. The van der Waals surface area contributed by atoms with E-state index in [0.717, 1.165) is 16.7 Å². The summed E-state index contributed by atoms with van der Waals surface area (Å²) < 4.78 is 63.2. The standard InChI is InChI=1S/C14H24F3N5O2S2.HI/c1-4-18-13(19-7-8-26(23,24)22(5-2)6-3)20-9-12-21-11(10-25-12)14(15,16)17;/h10H,4-9H2,1-3H3,(H2,18,19,20);1H. The largest absolute Gasteiger partial charge is 0.434 e. The minimum absolute atomic E-state index is 0. The van der Waals surface area contributed by atoms with Gasteiger partial charge in [0.25, 0.3) is 0 Å². The number of thiazole rings is 1. The van der Waals surface area contributed by atoms with Crippen LogP contribution in [0, 0.1) is 0 Å². The Morgan fingerprint density at radius 2 is 1.89 bits per heavy atom. The topological polar surface area (TPSA) is 86.7 Å². The number of hydrogen-bond acceptors (Lipinski definition) is 5. The molecule has 0 atom stereocenters. The highest BCUT2D eigenvalue weighted by atomic mass is 127. The molecule has 0 radical (unpaired) electrons. The Labute approximate surface area is 178 Å². The molecule has 0 fully saturated rings. The Hall–Kier alpha value is -0.670. The highest BCUT2D eigenvalue weighted by Gasteiger charge is 2.33. The van der Waals surface area contributed by atoms with Crippen molar-refractivity contribution < 1.29 is 21.6 Å². The summed E-state index contributed by atoms with van der Waals surface area (Å²) >= 11 is 0.878. The maximum atomic E-state index is 12.5. The predicted molar refractivity (Wildman–Crippen MR) is 112 cm³/mol. The van der Waals surface area contributed by atoms with Crippen molar-refractivity contribution in [2.75, 3.05) is 31.9 Å². The van der Waals surface area contributed by atoms with Gasteiger partial charge in [-0.3, -0.25) is 0 Å². The average Bonchev–Trinajstić information content (AvgIpc) is 3.02. The van der Waals surface area contributed by atoms with Crippen LogP contribution in [0.1, 0.15) is 31.5 Å². The van der Waals surface area contributed by atoms with Gasteiger partial charge in [0.15, 0.2) is 11.7 Å². The van der Waals surface area contributed by atoms with Gasteiger partial charge in [-0.1, -0.05) is 13.8 Å². The van der Waals surface area contributed by atoms with Crippen molar-refractivity contribution in [2.45, 2.75) is 33.5 Å². The summed E-state index contributed by atoms with van der Waals surface area (Å²) in [4.78, 5) is 7.66. The summed E-state index contributed by atoms with van der Waals surface area (Å²) in [6.45, 7) is 6.80. The van der Waals surface area contributed by atoms with Crippen molar-refractivity contribution >= 4 is 51.3 Å². The molecule has 0 unspecified atom stereocenters. The number of nitrogens with zero attached hydrogens (tertiary/aromatic N) is 3. The Bertz CT molecular complexity index is 691. The van der Waals surface area contributed by atoms with Crippen LogP contribution in [-0.4, -0.2) is 55.6 Å². The molecule has 1 aromatic heterocycles. The summed E-state index contributed by atoms with van der Waals surface area (Å²) in [6, 6.07) is 0. The second-order valence-electron chi connectivity index (χ2n) is 5.15. The number of rotatable bonds is 9. The smallest absolute Gasteiger partial charge is 0.357 e. The lowest BCUT2D eigenvalue weighted by atomic mass is 10.5. The maximum Gasteiger partial charge on any atom is 0.434 e. The second kappa shape index (κ2) is 12.0. The Kier molecular flexibility index (Phi) is 11.7. The Balaban J connectivity index is 0.00000676. The summed E-state index contributed by atoms with van der Waals surface area (Å²) in [6.07, 6.45) is -4.47. The van der Waals surface area contributed by atoms with E-state index in [9.17, 15) is 21.6 Å². The van der Waals surface area contributed by atoms with Crippen molar-refractivity contribution in [2.24, 2.45) is 4.99 Å². The van der Waals surface area contributed by atoms with Crippen molar-refractivity contribution in [1.29, 1.82) is 0 Å². The number of alkyl halides is 3. The van der Waals surface area contributed by atoms with Gasteiger partial charge in [0, 0.05) is 31.6 Å². The summed E-state index contributed by atoms with van der Waals surface area (Å²) in [5.74, 6) is 0.222. The molecule has 1 heterocycles. The fourth-order valence-corrected chi connectivity index (χ4v) is 4.18. The number of nitrogens with one attached hydrogen (secondary N) is 2. The third-order valence-electron chi connectivity index (χ3n) is 3.31. The van der Waals surface area contributed by atoms with Gasteiger partial charge >= 0.3 is 6.18 Å². The molecule has 0 saturated heterocycles. The van der Waals surface area contributed by atoms with Gasteiger partial charge in [-0.15, -0.1) is 35.3 Å². The third-order valence-corrected chi connectivity index (χ3v) is 6.17. The highest BCUT2D eigenvalue weighted by molar-refractivity contribution is 14.0. The molecule has 7 nitrogen and oxygen atoms in total. The molecule has 27 heavy (non-hydrogen) atoms. The Morgan fingerprint density at radius 3 is 2.37 bits per heavy atom. The molecule has 0 amide bonds. The molecule has 13 heteroatoms.